The topological polar surface area (TPSA) is 46.5 Å². The van der Waals surface area contributed by atoms with E-state index in [1.54, 1.807) is 0 Å². The van der Waals surface area contributed by atoms with E-state index in [0.29, 0.717) is 6.42 Å². The molecule has 3 heteroatoms. The highest BCUT2D eigenvalue weighted by Gasteiger charge is 2.44. The first-order chi connectivity index (χ1) is 9.63. The lowest BCUT2D eigenvalue weighted by Crippen LogP contribution is -2.44. The molecule has 1 unspecified atom stereocenters. The monoisotopic (exact) mass is 274 g/mol. The quantitative estimate of drug-likeness (QED) is 0.889. The van der Waals surface area contributed by atoms with Gasteiger partial charge in [-0.1, -0.05) is 25.5 Å². The van der Waals surface area contributed by atoms with E-state index in [9.17, 15) is 9.90 Å². The molecule has 1 N–H and O–H groups in total. The second-order valence-electron chi connectivity index (χ2n) is 6.17. The fourth-order valence-corrected chi connectivity index (χ4v) is 3.66. The maximum atomic E-state index is 11.7. The van der Waals surface area contributed by atoms with E-state index in [2.05, 4.69) is 13.0 Å². The van der Waals surface area contributed by atoms with Crippen LogP contribution in [0.1, 0.15) is 62.5 Å². The zero-order valence-corrected chi connectivity index (χ0v) is 12.0. The van der Waals surface area contributed by atoms with Crippen molar-refractivity contribution in [2.24, 2.45) is 0 Å². The normalized spacial score (nSPS) is 23.9. The summed E-state index contributed by atoms with van der Waals surface area (Å²) in [6.45, 7) is 2.09. The van der Waals surface area contributed by atoms with Crippen LogP contribution >= 0.6 is 0 Å². The molecule has 1 saturated carbocycles. The Morgan fingerprint density at radius 1 is 1.35 bits per heavy atom. The first-order valence-electron chi connectivity index (χ1n) is 7.68. The van der Waals surface area contributed by atoms with Gasteiger partial charge < -0.3 is 9.84 Å². The number of ether oxygens (including phenoxy) is 1. The minimum atomic E-state index is -0.715. The first-order valence-corrected chi connectivity index (χ1v) is 7.68. The van der Waals surface area contributed by atoms with Crippen LogP contribution in [0.5, 0.6) is 5.75 Å². The Bertz CT molecular complexity index is 515. The lowest BCUT2D eigenvalue weighted by atomic mass is 9.74. The molecule has 2 aliphatic rings. The predicted molar refractivity (Wildman–Crippen MR) is 77.3 cm³/mol. The van der Waals surface area contributed by atoms with Gasteiger partial charge in [0.25, 0.3) is 0 Å². The summed E-state index contributed by atoms with van der Waals surface area (Å²) in [4.78, 5) is 11.7. The van der Waals surface area contributed by atoms with Crippen molar-refractivity contribution in [3.63, 3.8) is 0 Å². The molecule has 3 nitrogen and oxygen atoms in total. The summed E-state index contributed by atoms with van der Waals surface area (Å²) in [5.41, 5.74) is 1.81. The molecule has 1 atom stereocenters. The smallest absolute Gasteiger partial charge is 0.311 e. The van der Waals surface area contributed by atoms with Crippen LogP contribution in [0.2, 0.25) is 0 Å². The molecule has 0 aromatic heterocycles. The Hall–Kier alpha value is -1.51. The number of benzene rings is 1. The van der Waals surface area contributed by atoms with Crippen molar-refractivity contribution >= 4 is 5.97 Å². The van der Waals surface area contributed by atoms with E-state index in [1.807, 2.05) is 12.1 Å². The molecular formula is C17H22O3. The standard InChI is InChI=1S/C17H22O3/c1-2-12-6-7-15-13(10-12)14(16(18)19)11-17(20-15)8-4-3-5-9-17/h6-7,10,14H,2-5,8-9,11H2,1H3,(H,18,19). The van der Waals surface area contributed by atoms with Crippen LogP contribution in [0.4, 0.5) is 0 Å². The van der Waals surface area contributed by atoms with E-state index in [1.165, 1.54) is 12.0 Å². The highest BCUT2D eigenvalue weighted by molar-refractivity contribution is 5.78. The van der Waals surface area contributed by atoms with Gasteiger partial charge >= 0.3 is 5.97 Å². The number of aliphatic carboxylic acids is 1. The van der Waals surface area contributed by atoms with Crippen molar-refractivity contribution in [3.05, 3.63) is 29.3 Å². The van der Waals surface area contributed by atoms with Crippen molar-refractivity contribution in [3.8, 4) is 5.75 Å². The maximum Gasteiger partial charge on any atom is 0.311 e. The highest BCUT2D eigenvalue weighted by atomic mass is 16.5. The Morgan fingerprint density at radius 2 is 2.10 bits per heavy atom. The number of hydrogen-bond acceptors (Lipinski definition) is 2. The Balaban J connectivity index is 2.00. The molecule has 0 radical (unpaired) electrons. The van der Waals surface area contributed by atoms with Gasteiger partial charge in [0.1, 0.15) is 11.4 Å². The number of carboxylic acids is 1. The zero-order chi connectivity index (χ0) is 14.2. The largest absolute Gasteiger partial charge is 0.487 e. The molecular weight excluding hydrogens is 252 g/mol. The van der Waals surface area contributed by atoms with Crippen LogP contribution in [-0.4, -0.2) is 16.7 Å². The zero-order valence-electron chi connectivity index (χ0n) is 12.0. The molecule has 3 rings (SSSR count). The second kappa shape index (κ2) is 5.12. The van der Waals surface area contributed by atoms with E-state index < -0.39 is 11.9 Å². The highest BCUT2D eigenvalue weighted by Crippen LogP contribution is 2.47. The molecule has 20 heavy (non-hydrogen) atoms. The van der Waals surface area contributed by atoms with Crippen LogP contribution in [0, 0.1) is 0 Å². The summed E-state index contributed by atoms with van der Waals surface area (Å²) < 4.78 is 6.28. The maximum absolute atomic E-state index is 11.7. The Morgan fingerprint density at radius 3 is 2.75 bits per heavy atom. The van der Waals surface area contributed by atoms with Crippen molar-refractivity contribution in [1.29, 1.82) is 0 Å². The summed E-state index contributed by atoms with van der Waals surface area (Å²) >= 11 is 0. The lowest BCUT2D eigenvalue weighted by molar-refractivity contribution is -0.141. The van der Waals surface area contributed by atoms with Gasteiger partial charge in [-0.2, -0.15) is 0 Å². The fraction of sp³-hybridized carbons (Fsp3) is 0.588. The van der Waals surface area contributed by atoms with Crippen molar-refractivity contribution < 1.29 is 14.6 Å². The van der Waals surface area contributed by atoms with Gasteiger partial charge in [-0.25, -0.2) is 0 Å². The molecule has 1 heterocycles. The summed E-state index contributed by atoms with van der Waals surface area (Å²) in [6, 6.07) is 6.04. The summed E-state index contributed by atoms with van der Waals surface area (Å²) in [5, 5.41) is 9.61. The third kappa shape index (κ3) is 2.30. The molecule has 1 aliphatic carbocycles. The minimum absolute atomic E-state index is 0.234. The van der Waals surface area contributed by atoms with Crippen LogP contribution < -0.4 is 4.74 Å². The van der Waals surface area contributed by atoms with E-state index in [-0.39, 0.29) is 5.60 Å². The van der Waals surface area contributed by atoms with E-state index >= 15 is 0 Å². The van der Waals surface area contributed by atoms with Crippen LogP contribution in [0.25, 0.3) is 0 Å². The second-order valence-corrected chi connectivity index (χ2v) is 6.17. The van der Waals surface area contributed by atoms with E-state index in [4.69, 9.17) is 4.74 Å². The van der Waals surface area contributed by atoms with Crippen LogP contribution in [0.15, 0.2) is 18.2 Å². The number of aryl methyl sites for hydroxylation is 1. The van der Waals surface area contributed by atoms with Crippen molar-refractivity contribution in [1.82, 2.24) is 0 Å². The fourth-order valence-electron chi connectivity index (χ4n) is 3.66. The van der Waals surface area contributed by atoms with Gasteiger partial charge in [-0.05, 0) is 43.7 Å². The number of hydrogen-bond donors (Lipinski definition) is 1. The molecule has 1 spiro atoms. The number of carboxylic acid groups (broad SMARTS) is 1. The summed E-state index contributed by atoms with van der Waals surface area (Å²) in [7, 11) is 0. The van der Waals surface area contributed by atoms with Gasteiger partial charge in [0.15, 0.2) is 0 Å². The van der Waals surface area contributed by atoms with Gasteiger partial charge in [-0.3, -0.25) is 4.79 Å². The third-order valence-corrected chi connectivity index (χ3v) is 4.82. The molecule has 0 amide bonds. The third-order valence-electron chi connectivity index (χ3n) is 4.82. The average Bonchev–Trinajstić information content (AvgIpc) is 2.46. The lowest BCUT2D eigenvalue weighted by Gasteiger charge is -2.43. The Kier molecular flexibility index (Phi) is 3.45. The van der Waals surface area contributed by atoms with Crippen LogP contribution in [-0.2, 0) is 11.2 Å². The molecule has 0 bridgehead atoms. The molecule has 1 aromatic rings. The SMILES string of the molecule is CCc1ccc2c(c1)C(C(=O)O)CC1(CCCCC1)O2. The average molecular weight is 274 g/mol. The molecule has 1 aliphatic heterocycles. The van der Waals surface area contributed by atoms with Gasteiger partial charge in [0, 0.05) is 12.0 Å². The summed E-state index contributed by atoms with van der Waals surface area (Å²) in [6.07, 6.45) is 7.07. The predicted octanol–water partition coefficient (Wildman–Crippen LogP) is 3.90. The number of rotatable bonds is 2. The van der Waals surface area contributed by atoms with Gasteiger partial charge in [0.2, 0.25) is 0 Å². The molecule has 1 aromatic carbocycles. The number of carbonyl (C=O) groups is 1. The Labute approximate surface area is 120 Å². The molecule has 108 valence electrons. The van der Waals surface area contributed by atoms with Crippen molar-refractivity contribution in [2.75, 3.05) is 0 Å². The number of fused-ring (bicyclic) bond motifs is 1. The van der Waals surface area contributed by atoms with Crippen molar-refractivity contribution in [2.45, 2.75) is 63.4 Å². The summed E-state index contributed by atoms with van der Waals surface area (Å²) in [5.74, 6) is -0.334. The molecule has 1 fully saturated rings. The van der Waals surface area contributed by atoms with Crippen LogP contribution in [0.3, 0.4) is 0 Å². The van der Waals surface area contributed by atoms with Gasteiger partial charge in [0.05, 0.1) is 5.92 Å². The minimum Gasteiger partial charge on any atom is -0.487 e. The first kappa shape index (κ1) is 13.5. The molecule has 0 saturated heterocycles. The van der Waals surface area contributed by atoms with E-state index in [0.717, 1.165) is 43.4 Å². The van der Waals surface area contributed by atoms with Gasteiger partial charge in [-0.15, -0.1) is 0 Å².